The third-order valence-corrected chi connectivity index (χ3v) is 2.77. The molecule has 2 aromatic rings. The lowest BCUT2D eigenvalue weighted by Gasteiger charge is -2.13. The second-order valence-electron chi connectivity index (χ2n) is 4.11. The van der Waals surface area contributed by atoms with E-state index in [2.05, 4.69) is 5.32 Å². The van der Waals surface area contributed by atoms with E-state index in [4.69, 9.17) is 10.5 Å². The van der Waals surface area contributed by atoms with E-state index in [1.54, 1.807) is 7.05 Å². The van der Waals surface area contributed by atoms with Crippen molar-refractivity contribution in [3.8, 4) is 11.5 Å². The number of primary amides is 1. The number of hydrogen-bond acceptors (Lipinski definition) is 3. The van der Waals surface area contributed by atoms with Gasteiger partial charge in [-0.3, -0.25) is 4.79 Å². The van der Waals surface area contributed by atoms with Crippen molar-refractivity contribution in [2.45, 2.75) is 6.04 Å². The summed E-state index contributed by atoms with van der Waals surface area (Å²) in [6.07, 6.45) is 0. The van der Waals surface area contributed by atoms with Gasteiger partial charge in [0.25, 0.3) is 0 Å². The summed E-state index contributed by atoms with van der Waals surface area (Å²) in [6.45, 7) is 0. The second kappa shape index (κ2) is 6.02. The Morgan fingerprint density at radius 1 is 1.05 bits per heavy atom. The van der Waals surface area contributed by atoms with Crippen LogP contribution in [-0.2, 0) is 4.79 Å². The lowest BCUT2D eigenvalue weighted by Crippen LogP contribution is -2.31. The number of nitrogens with one attached hydrogen (secondary N) is 1. The number of nitrogens with two attached hydrogens (primary N) is 1. The maximum absolute atomic E-state index is 11.2. The number of hydrogen-bond donors (Lipinski definition) is 2. The minimum atomic E-state index is -0.481. The number of carbonyl (C=O) groups is 1. The van der Waals surface area contributed by atoms with Gasteiger partial charge < -0.3 is 15.8 Å². The summed E-state index contributed by atoms with van der Waals surface area (Å²) >= 11 is 0. The molecule has 3 N–H and O–H groups in total. The first-order valence-corrected chi connectivity index (χ1v) is 6.00. The van der Waals surface area contributed by atoms with Crippen LogP contribution >= 0.6 is 0 Å². The Labute approximate surface area is 112 Å². The monoisotopic (exact) mass is 256 g/mol. The van der Waals surface area contributed by atoms with Gasteiger partial charge in [0.15, 0.2) is 0 Å². The molecular formula is C15H16N2O2. The molecule has 98 valence electrons. The van der Waals surface area contributed by atoms with E-state index in [-0.39, 0.29) is 0 Å². The van der Waals surface area contributed by atoms with Crippen molar-refractivity contribution < 1.29 is 9.53 Å². The van der Waals surface area contributed by atoms with Crippen molar-refractivity contribution in [2.75, 3.05) is 7.05 Å². The molecule has 2 rings (SSSR count). The average Bonchev–Trinajstić information content (AvgIpc) is 2.42. The summed E-state index contributed by atoms with van der Waals surface area (Å²) in [5, 5.41) is 2.87. The maximum atomic E-state index is 11.2. The fourth-order valence-corrected chi connectivity index (χ4v) is 1.83. The molecule has 19 heavy (non-hydrogen) atoms. The first-order valence-electron chi connectivity index (χ1n) is 6.00. The average molecular weight is 256 g/mol. The molecule has 4 heteroatoms. The van der Waals surface area contributed by atoms with E-state index in [0.29, 0.717) is 5.75 Å². The van der Waals surface area contributed by atoms with E-state index >= 15 is 0 Å². The number of rotatable bonds is 5. The van der Waals surface area contributed by atoms with Crippen LogP contribution in [0.15, 0.2) is 54.6 Å². The van der Waals surface area contributed by atoms with Crippen LogP contribution in [0.4, 0.5) is 0 Å². The molecule has 1 amide bonds. The van der Waals surface area contributed by atoms with Crippen LogP contribution in [0.25, 0.3) is 0 Å². The fourth-order valence-electron chi connectivity index (χ4n) is 1.83. The molecule has 0 aliphatic carbocycles. The summed E-state index contributed by atoms with van der Waals surface area (Å²) in [7, 11) is 1.70. The predicted octanol–water partition coefficient (Wildman–Crippen LogP) is 2.22. The van der Waals surface area contributed by atoms with Crippen molar-refractivity contribution in [1.29, 1.82) is 0 Å². The van der Waals surface area contributed by atoms with E-state index in [9.17, 15) is 4.79 Å². The van der Waals surface area contributed by atoms with E-state index < -0.39 is 11.9 Å². The molecule has 4 nitrogen and oxygen atoms in total. The lowest BCUT2D eigenvalue weighted by atomic mass is 10.1. The molecule has 0 saturated carbocycles. The Kier molecular flexibility index (Phi) is 4.15. The van der Waals surface area contributed by atoms with E-state index in [1.807, 2.05) is 54.6 Å². The van der Waals surface area contributed by atoms with Gasteiger partial charge in [-0.05, 0) is 36.9 Å². The Hall–Kier alpha value is -2.33. The van der Waals surface area contributed by atoms with Crippen LogP contribution in [0.2, 0.25) is 0 Å². The molecule has 0 radical (unpaired) electrons. The number of carbonyl (C=O) groups excluding carboxylic acids is 1. The second-order valence-corrected chi connectivity index (χ2v) is 4.11. The van der Waals surface area contributed by atoms with Gasteiger partial charge in [-0.25, -0.2) is 0 Å². The molecule has 0 aromatic heterocycles. The Morgan fingerprint density at radius 3 is 2.16 bits per heavy atom. The van der Waals surface area contributed by atoms with Crippen LogP contribution in [0.5, 0.6) is 11.5 Å². The third-order valence-electron chi connectivity index (χ3n) is 2.77. The van der Waals surface area contributed by atoms with Crippen molar-refractivity contribution >= 4 is 5.91 Å². The van der Waals surface area contributed by atoms with Gasteiger partial charge in [0.1, 0.15) is 17.5 Å². The number of likely N-dealkylation sites (N-methyl/N-ethyl adjacent to an activating group) is 1. The molecule has 2 aromatic carbocycles. The van der Waals surface area contributed by atoms with Crippen LogP contribution in [-0.4, -0.2) is 13.0 Å². The zero-order valence-electron chi connectivity index (χ0n) is 10.7. The molecule has 0 fully saturated rings. The molecule has 0 saturated heterocycles. The highest BCUT2D eigenvalue weighted by molar-refractivity contribution is 5.81. The van der Waals surface area contributed by atoms with Gasteiger partial charge in [-0.2, -0.15) is 0 Å². The summed E-state index contributed by atoms with van der Waals surface area (Å²) in [6, 6.07) is 16.3. The molecule has 1 atom stereocenters. The standard InChI is InChI=1S/C15H16N2O2/c1-17-14(15(16)18)11-7-9-13(10-8-11)19-12-5-3-2-4-6-12/h2-10,14,17H,1H3,(H2,16,18). The lowest BCUT2D eigenvalue weighted by molar-refractivity contribution is -0.120. The third kappa shape index (κ3) is 3.33. The largest absolute Gasteiger partial charge is 0.457 e. The molecule has 0 aliphatic heterocycles. The number of ether oxygens (including phenoxy) is 1. The maximum Gasteiger partial charge on any atom is 0.239 e. The number of para-hydroxylation sites is 1. The molecule has 0 spiro atoms. The number of amides is 1. The van der Waals surface area contributed by atoms with E-state index in [0.717, 1.165) is 11.3 Å². The predicted molar refractivity (Wildman–Crippen MR) is 74.0 cm³/mol. The van der Waals surface area contributed by atoms with Gasteiger partial charge in [-0.15, -0.1) is 0 Å². The van der Waals surface area contributed by atoms with Crippen molar-refractivity contribution in [3.05, 3.63) is 60.2 Å². The summed E-state index contributed by atoms with van der Waals surface area (Å²) < 4.78 is 5.67. The first-order chi connectivity index (χ1) is 9.20. The summed E-state index contributed by atoms with van der Waals surface area (Å²) in [5.74, 6) is 1.09. The van der Waals surface area contributed by atoms with Crippen LogP contribution < -0.4 is 15.8 Å². The zero-order valence-corrected chi connectivity index (χ0v) is 10.7. The Morgan fingerprint density at radius 2 is 1.63 bits per heavy atom. The normalized spacial score (nSPS) is 11.8. The van der Waals surface area contributed by atoms with Crippen molar-refractivity contribution in [2.24, 2.45) is 5.73 Å². The highest BCUT2D eigenvalue weighted by Gasteiger charge is 2.14. The highest BCUT2D eigenvalue weighted by atomic mass is 16.5. The van der Waals surface area contributed by atoms with Gasteiger partial charge in [0.05, 0.1) is 0 Å². The topological polar surface area (TPSA) is 64.3 Å². The van der Waals surface area contributed by atoms with Crippen LogP contribution in [0.3, 0.4) is 0 Å². The Bertz CT molecular complexity index is 538. The van der Waals surface area contributed by atoms with Gasteiger partial charge >= 0.3 is 0 Å². The summed E-state index contributed by atoms with van der Waals surface area (Å²) in [4.78, 5) is 11.2. The first kappa shape index (κ1) is 13.1. The molecule has 0 aliphatic rings. The molecule has 0 bridgehead atoms. The zero-order chi connectivity index (χ0) is 13.7. The van der Waals surface area contributed by atoms with Crippen LogP contribution in [0, 0.1) is 0 Å². The number of benzene rings is 2. The summed E-state index contributed by atoms with van der Waals surface area (Å²) in [5.41, 5.74) is 6.12. The van der Waals surface area contributed by atoms with E-state index in [1.165, 1.54) is 0 Å². The molecular weight excluding hydrogens is 240 g/mol. The minimum absolute atomic E-state index is 0.403. The highest BCUT2D eigenvalue weighted by Crippen LogP contribution is 2.23. The smallest absolute Gasteiger partial charge is 0.239 e. The van der Waals surface area contributed by atoms with Crippen molar-refractivity contribution in [3.63, 3.8) is 0 Å². The fraction of sp³-hybridized carbons (Fsp3) is 0.133. The van der Waals surface area contributed by atoms with Gasteiger partial charge in [-0.1, -0.05) is 30.3 Å². The minimum Gasteiger partial charge on any atom is -0.457 e. The van der Waals surface area contributed by atoms with Gasteiger partial charge in [0.2, 0.25) is 5.91 Å². The molecule has 0 heterocycles. The molecule has 1 unspecified atom stereocenters. The van der Waals surface area contributed by atoms with Crippen molar-refractivity contribution in [1.82, 2.24) is 5.32 Å². The van der Waals surface area contributed by atoms with Crippen LogP contribution in [0.1, 0.15) is 11.6 Å². The quantitative estimate of drug-likeness (QED) is 0.862. The SMILES string of the molecule is CNC(C(N)=O)c1ccc(Oc2ccccc2)cc1. The Balaban J connectivity index is 2.12. The van der Waals surface area contributed by atoms with Gasteiger partial charge in [0, 0.05) is 0 Å².